The molecule has 2 aromatic heterocycles. The van der Waals surface area contributed by atoms with Crippen molar-refractivity contribution in [3.05, 3.63) is 17.3 Å². The van der Waals surface area contributed by atoms with E-state index in [-0.39, 0.29) is 12.5 Å². The minimum atomic E-state index is -0.775. The molecule has 0 amide bonds. The molecule has 0 aliphatic carbocycles. The highest BCUT2D eigenvalue weighted by molar-refractivity contribution is 7.18. The zero-order valence-electron chi connectivity index (χ0n) is 10.3. The van der Waals surface area contributed by atoms with E-state index in [1.165, 1.54) is 6.33 Å². The molecule has 0 fully saturated rings. The maximum Gasteiger partial charge on any atom is 0.303 e. The third-order valence-electron chi connectivity index (χ3n) is 2.71. The number of carboxylic acids is 1. The summed E-state index contributed by atoms with van der Waals surface area (Å²) in [6.07, 6.45) is 2.27. The van der Waals surface area contributed by atoms with Crippen molar-refractivity contribution in [1.82, 2.24) is 9.97 Å². The van der Waals surface area contributed by atoms with Crippen LogP contribution >= 0.6 is 11.3 Å². The van der Waals surface area contributed by atoms with Gasteiger partial charge in [0.25, 0.3) is 0 Å². The third-order valence-corrected chi connectivity index (χ3v) is 3.80. The molecule has 5 nitrogen and oxygen atoms in total. The van der Waals surface area contributed by atoms with E-state index in [2.05, 4.69) is 15.3 Å². The van der Waals surface area contributed by atoms with Crippen molar-refractivity contribution in [2.45, 2.75) is 32.7 Å². The second kappa shape index (κ2) is 5.30. The van der Waals surface area contributed by atoms with Gasteiger partial charge >= 0.3 is 5.97 Å². The van der Waals surface area contributed by atoms with Crippen LogP contribution in [0.1, 0.15) is 25.3 Å². The molecule has 0 saturated carbocycles. The van der Waals surface area contributed by atoms with Gasteiger partial charge in [-0.3, -0.25) is 4.79 Å². The van der Waals surface area contributed by atoms with Crippen molar-refractivity contribution in [3.63, 3.8) is 0 Å². The number of aromatic nitrogens is 2. The molecule has 0 radical (unpaired) electrons. The fourth-order valence-electron chi connectivity index (χ4n) is 1.72. The highest BCUT2D eigenvalue weighted by atomic mass is 32.1. The molecule has 2 aromatic rings. The van der Waals surface area contributed by atoms with E-state index in [1.54, 1.807) is 11.3 Å². The molecule has 0 aromatic carbocycles. The number of hydrogen-bond acceptors (Lipinski definition) is 5. The first-order valence-corrected chi connectivity index (χ1v) is 6.63. The number of fused-ring (bicyclic) bond motifs is 1. The summed E-state index contributed by atoms with van der Waals surface area (Å²) in [7, 11) is 0. The van der Waals surface area contributed by atoms with E-state index >= 15 is 0 Å². The Balaban J connectivity index is 2.14. The average molecular weight is 265 g/mol. The lowest BCUT2D eigenvalue weighted by atomic mass is 10.2. The molecule has 6 heteroatoms. The molecule has 1 unspecified atom stereocenters. The minimum Gasteiger partial charge on any atom is -0.481 e. The van der Waals surface area contributed by atoms with E-state index in [9.17, 15) is 4.79 Å². The van der Waals surface area contributed by atoms with Crippen molar-refractivity contribution in [1.29, 1.82) is 0 Å². The number of anilines is 1. The second-order valence-corrected chi connectivity index (χ2v) is 5.18. The predicted octanol–water partition coefficient (Wildman–Crippen LogP) is 2.66. The largest absolute Gasteiger partial charge is 0.481 e. The molecule has 0 bridgehead atoms. The molecule has 18 heavy (non-hydrogen) atoms. The zero-order valence-corrected chi connectivity index (χ0v) is 11.1. The van der Waals surface area contributed by atoms with E-state index in [4.69, 9.17) is 5.11 Å². The lowest BCUT2D eigenvalue weighted by Crippen LogP contribution is -2.17. The normalized spacial score (nSPS) is 12.6. The van der Waals surface area contributed by atoms with Gasteiger partial charge in [-0.1, -0.05) is 0 Å². The summed E-state index contributed by atoms with van der Waals surface area (Å²) in [5.41, 5.74) is 2.10. The molecule has 0 aliphatic rings. The number of hydrogen-bond donors (Lipinski definition) is 2. The fraction of sp³-hybridized carbons (Fsp3) is 0.417. The molecule has 0 spiro atoms. The van der Waals surface area contributed by atoms with Crippen molar-refractivity contribution >= 4 is 33.3 Å². The van der Waals surface area contributed by atoms with Gasteiger partial charge in [0.2, 0.25) is 0 Å². The first-order valence-electron chi connectivity index (χ1n) is 5.75. The number of thiophene rings is 1. The Morgan fingerprint density at radius 3 is 3.06 bits per heavy atom. The van der Waals surface area contributed by atoms with Crippen molar-refractivity contribution < 1.29 is 9.90 Å². The van der Waals surface area contributed by atoms with Gasteiger partial charge in [0, 0.05) is 12.5 Å². The van der Waals surface area contributed by atoms with Crippen LogP contribution in [0.4, 0.5) is 5.82 Å². The maximum atomic E-state index is 10.5. The summed E-state index contributed by atoms with van der Waals surface area (Å²) in [6, 6.07) is 0.0709. The monoisotopic (exact) mass is 265 g/mol. The van der Waals surface area contributed by atoms with E-state index < -0.39 is 5.97 Å². The molecule has 2 rings (SSSR count). The molecule has 1 atom stereocenters. The summed E-state index contributed by atoms with van der Waals surface area (Å²) in [5, 5.41) is 13.9. The Hall–Kier alpha value is -1.69. The number of carbonyl (C=O) groups is 1. The highest BCUT2D eigenvalue weighted by Gasteiger charge is 2.11. The number of aryl methyl sites for hydroxylation is 1. The van der Waals surface area contributed by atoms with E-state index in [0.29, 0.717) is 6.42 Å². The van der Waals surface area contributed by atoms with Gasteiger partial charge in [-0.25, -0.2) is 9.97 Å². The zero-order chi connectivity index (χ0) is 13.1. The first-order chi connectivity index (χ1) is 8.58. The Bertz CT molecular complexity index is 567. The number of nitrogens with zero attached hydrogens (tertiary/aromatic N) is 2. The lowest BCUT2D eigenvalue weighted by Gasteiger charge is -2.13. The molecular formula is C12H15N3O2S. The third kappa shape index (κ3) is 2.76. The quantitative estimate of drug-likeness (QED) is 0.869. The SMILES string of the molecule is Cc1csc2c(NC(C)CCC(=O)O)ncnc12. The Morgan fingerprint density at radius 1 is 1.56 bits per heavy atom. The molecule has 96 valence electrons. The highest BCUT2D eigenvalue weighted by Crippen LogP contribution is 2.28. The number of carboxylic acid groups (broad SMARTS) is 1. The van der Waals surface area contributed by atoms with Crippen LogP contribution in [-0.2, 0) is 4.79 Å². The van der Waals surface area contributed by atoms with Gasteiger partial charge in [0.15, 0.2) is 0 Å². The van der Waals surface area contributed by atoms with Crippen molar-refractivity contribution in [2.24, 2.45) is 0 Å². The Kier molecular flexibility index (Phi) is 3.76. The molecule has 2 N–H and O–H groups in total. The first kappa shape index (κ1) is 12.8. The van der Waals surface area contributed by atoms with Crippen LogP contribution in [0.5, 0.6) is 0 Å². The minimum absolute atomic E-state index is 0.0709. The van der Waals surface area contributed by atoms with Gasteiger partial charge in [0.05, 0.1) is 10.2 Å². The summed E-state index contributed by atoms with van der Waals surface area (Å²) in [6.45, 7) is 3.97. The van der Waals surface area contributed by atoms with Gasteiger partial charge in [-0.05, 0) is 31.2 Å². The number of aliphatic carboxylic acids is 1. The van der Waals surface area contributed by atoms with Crippen LogP contribution in [-0.4, -0.2) is 27.1 Å². The fourth-order valence-corrected chi connectivity index (χ4v) is 2.67. The lowest BCUT2D eigenvalue weighted by molar-refractivity contribution is -0.137. The van der Waals surface area contributed by atoms with Crippen LogP contribution in [0, 0.1) is 6.92 Å². The number of nitrogens with one attached hydrogen (secondary N) is 1. The molecule has 0 saturated heterocycles. The number of rotatable bonds is 5. The van der Waals surface area contributed by atoms with Crippen molar-refractivity contribution in [3.8, 4) is 0 Å². The summed E-state index contributed by atoms with van der Waals surface area (Å²) >= 11 is 1.60. The van der Waals surface area contributed by atoms with Gasteiger partial charge in [0.1, 0.15) is 12.1 Å². The van der Waals surface area contributed by atoms with E-state index in [0.717, 1.165) is 21.6 Å². The topological polar surface area (TPSA) is 75.1 Å². The summed E-state index contributed by atoms with van der Waals surface area (Å²) in [4.78, 5) is 19.0. The molecular weight excluding hydrogens is 250 g/mol. The van der Waals surface area contributed by atoms with Crippen LogP contribution in [0.2, 0.25) is 0 Å². The predicted molar refractivity (Wildman–Crippen MR) is 72.1 cm³/mol. The van der Waals surface area contributed by atoms with Gasteiger partial charge < -0.3 is 10.4 Å². The van der Waals surface area contributed by atoms with Crippen molar-refractivity contribution in [2.75, 3.05) is 5.32 Å². The summed E-state index contributed by atoms with van der Waals surface area (Å²) in [5.74, 6) is 0.0134. The van der Waals surface area contributed by atoms with Crippen LogP contribution in [0.25, 0.3) is 10.2 Å². The van der Waals surface area contributed by atoms with Gasteiger partial charge in [-0.15, -0.1) is 11.3 Å². The maximum absolute atomic E-state index is 10.5. The van der Waals surface area contributed by atoms with Crippen LogP contribution in [0.3, 0.4) is 0 Å². The Morgan fingerprint density at radius 2 is 2.33 bits per heavy atom. The smallest absolute Gasteiger partial charge is 0.303 e. The van der Waals surface area contributed by atoms with Crippen LogP contribution in [0.15, 0.2) is 11.7 Å². The van der Waals surface area contributed by atoms with Gasteiger partial charge in [-0.2, -0.15) is 0 Å². The standard InChI is InChI=1S/C12H15N3O2S/c1-7-5-18-11-10(7)13-6-14-12(11)15-8(2)3-4-9(16)17/h5-6,8H,3-4H2,1-2H3,(H,16,17)(H,13,14,15). The second-order valence-electron chi connectivity index (χ2n) is 4.30. The summed E-state index contributed by atoms with van der Waals surface area (Å²) < 4.78 is 1.03. The van der Waals surface area contributed by atoms with E-state index in [1.807, 2.05) is 19.2 Å². The molecule has 0 aliphatic heterocycles. The van der Waals surface area contributed by atoms with Crippen LogP contribution < -0.4 is 5.32 Å². The molecule has 2 heterocycles. The Labute approximate surface area is 109 Å². The average Bonchev–Trinajstić information content (AvgIpc) is 2.70.